The standard InChI is InChI=1S/C11H26N4O.C8H19N3O/c1-14(2)9-5-7-12-11(16)13-8-6-10-15(3)4;1-3-11(4-2)7-5-6-10-8(9)12/h5-10H2,1-4H3,(H2,12,13,16);3-7H2,1-2H3,(H3,9,10,12). The molecule has 0 fully saturated rings. The van der Waals surface area contributed by atoms with Crippen molar-refractivity contribution in [1.82, 2.24) is 30.7 Å². The van der Waals surface area contributed by atoms with E-state index in [9.17, 15) is 9.59 Å². The Balaban J connectivity index is 0. The third-order valence-corrected chi connectivity index (χ3v) is 3.98. The Morgan fingerprint density at radius 3 is 1.46 bits per heavy atom. The molecule has 0 aromatic heterocycles. The quantitative estimate of drug-likeness (QED) is 0.317. The lowest BCUT2D eigenvalue weighted by atomic mass is 10.3. The van der Waals surface area contributed by atoms with Crippen LogP contribution >= 0.6 is 0 Å². The van der Waals surface area contributed by atoms with Crippen molar-refractivity contribution in [2.45, 2.75) is 33.1 Å². The van der Waals surface area contributed by atoms with E-state index in [1.165, 1.54) is 0 Å². The number of hydrogen-bond acceptors (Lipinski definition) is 5. The maximum absolute atomic E-state index is 11.3. The smallest absolute Gasteiger partial charge is 0.314 e. The first kappa shape index (κ1) is 28.6. The van der Waals surface area contributed by atoms with Gasteiger partial charge in [0, 0.05) is 19.6 Å². The van der Waals surface area contributed by atoms with Gasteiger partial charge in [-0.05, 0) is 80.2 Å². The first-order valence-corrected chi connectivity index (χ1v) is 10.3. The van der Waals surface area contributed by atoms with Crippen LogP contribution in [0.4, 0.5) is 9.59 Å². The molecule has 0 radical (unpaired) electrons. The fourth-order valence-corrected chi connectivity index (χ4v) is 2.31. The van der Waals surface area contributed by atoms with Gasteiger partial charge >= 0.3 is 12.1 Å². The molecule has 9 heteroatoms. The second-order valence-electron chi connectivity index (χ2n) is 7.17. The van der Waals surface area contributed by atoms with E-state index in [1.54, 1.807) is 0 Å². The van der Waals surface area contributed by atoms with Crippen LogP contribution in [-0.2, 0) is 0 Å². The summed E-state index contributed by atoms with van der Waals surface area (Å²) in [5, 5.41) is 8.23. The molecule has 28 heavy (non-hydrogen) atoms. The van der Waals surface area contributed by atoms with E-state index in [1.807, 2.05) is 28.2 Å². The Hall–Kier alpha value is -1.58. The van der Waals surface area contributed by atoms with Gasteiger partial charge in [-0.2, -0.15) is 0 Å². The predicted octanol–water partition coefficient (Wildman–Crippen LogP) is 0.576. The van der Waals surface area contributed by atoms with Gasteiger partial charge in [-0.1, -0.05) is 13.8 Å². The monoisotopic (exact) mass is 403 g/mol. The summed E-state index contributed by atoms with van der Waals surface area (Å²) in [5.74, 6) is 0. The molecule has 0 unspecified atom stereocenters. The lowest BCUT2D eigenvalue weighted by Crippen LogP contribution is -2.37. The summed E-state index contributed by atoms with van der Waals surface area (Å²) in [4.78, 5) is 28.1. The van der Waals surface area contributed by atoms with E-state index in [4.69, 9.17) is 5.73 Å². The molecule has 0 atom stereocenters. The third-order valence-electron chi connectivity index (χ3n) is 3.98. The highest BCUT2D eigenvalue weighted by molar-refractivity contribution is 5.73. The maximum atomic E-state index is 11.3. The van der Waals surface area contributed by atoms with Crippen LogP contribution in [-0.4, -0.2) is 107 Å². The molecule has 0 bridgehead atoms. The van der Waals surface area contributed by atoms with Gasteiger partial charge in [0.2, 0.25) is 0 Å². The first-order valence-electron chi connectivity index (χ1n) is 10.3. The van der Waals surface area contributed by atoms with Crippen LogP contribution in [0, 0.1) is 0 Å². The summed E-state index contributed by atoms with van der Waals surface area (Å²) in [5.41, 5.74) is 4.91. The van der Waals surface area contributed by atoms with Crippen LogP contribution in [0.2, 0.25) is 0 Å². The van der Waals surface area contributed by atoms with Gasteiger partial charge in [-0.25, -0.2) is 9.59 Å². The highest BCUT2D eigenvalue weighted by Gasteiger charge is 1.99. The molecule has 0 aliphatic carbocycles. The van der Waals surface area contributed by atoms with Crippen LogP contribution in [0.1, 0.15) is 33.1 Å². The molecule has 0 heterocycles. The van der Waals surface area contributed by atoms with E-state index in [0.717, 1.165) is 65.1 Å². The Bertz CT molecular complexity index is 357. The number of amides is 4. The second kappa shape index (κ2) is 20.2. The number of rotatable bonds is 14. The zero-order chi connectivity index (χ0) is 21.8. The average Bonchev–Trinajstić information content (AvgIpc) is 2.62. The van der Waals surface area contributed by atoms with Crippen molar-refractivity contribution >= 4 is 12.1 Å². The zero-order valence-corrected chi connectivity index (χ0v) is 19.0. The van der Waals surface area contributed by atoms with Crippen LogP contribution < -0.4 is 21.7 Å². The SMILES string of the molecule is CCN(CC)CCCNC(N)=O.CN(C)CCCNC(=O)NCCCN(C)C. The second-order valence-corrected chi connectivity index (χ2v) is 7.17. The van der Waals surface area contributed by atoms with E-state index in [-0.39, 0.29) is 6.03 Å². The number of urea groups is 2. The topological polar surface area (TPSA) is 106 Å². The highest BCUT2D eigenvalue weighted by atomic mass is 16.2. The molecule has 0 saturated carbocycles. The lowest BCUT2D eigenvalue weighted by molar-refractivity contribution is 0.239. The molecule has 5 N–H and O–H groups in total. The van der Waals surface area contributed by atoms with Crippen molar-refractivity contribution < 1.29 is 9.59 Å². The fraction of sp³-hybridized carbons (Fsp3) is 0.895. The third kappa shape index (κ3) is 24.4. The van der Waals surface area contributed by atoms with Crippen molar-refractivity contribution in [2.75, 3.05) is 80.5 Å². The van der Waals surface area contributed by atoms with Crippen LogP contribution in [0.3, 0.4) is 0 Å². The molecule has 0 rings (SSSR count). The van der Waals surface area contributed by atoms with Crippen LogP contribution in [0.15, 0.2) is 0 Å². The zero-order valence-electron chi connectivity index (χ0n) is 19.0. The predicted molar refractivity (Wildman–Crippen MR) is 118 cm³/mol. The molecule has 0 spiro atoms. The number of nitrogens with zero attached hydrogens (tertiary/aromatic N) is 3. The largest absolute Gasteiger partial charge is 0.352 e. The van der Waals surface area contributed by atoms with Gasteiger partial charge in [0.25, 0.3) is 0 Å². The Labute approximate surface area is 172 Å². The van der Waals surface area contributed by atoms with Crippen LogP contribution in [0.25, 0.3) is 0 Å². The van der Waals surface area contributed by atoms with Crippen molar-refractivity contribution in [3.05, 3.63) is 0 Å². The van der Waals surface area contributed by atoms with Crippen molar-refractivity contribution in [1.29, 1.82) is 0 Å². The minimum atomic E-state index is -0.436. The average molecular weight is 404 g/mol. The van der Waals surface area contributed by atoms with Crippen molar-refractivity contribution in [3.63, 3.8) is 0 Å². The molecule has 0 saturated heterocycles. The van der Waals surface area contributed by atoms with E-state index < -0.39 is 6.03 Å². The number of primary amides is 1. The minimum Gasteiger partial charge on any atom is -0.352 e. The highest BCUT2D eigenvalue weighted by Crippen LogP contribution is 1.88. The summed E-state index contributed by atoms with van der Waals surface area (Å²) in [6, 6.07) is -0.493. The number of carbonyl (C=O) groups excluding carboxylic acids is 2. The van der Waals surface area contributed by atoms with E-state index in [2.05, 4.69) is 44.5 Å². The lowest BCUT2D eigenvalue weighted by Gasteiger charge is -2.17. The summed E-state index contributed by atoms with van der Waals surface area (Å²) >= 11 is 0. The number of carbonyl (C=O) groups is 2. The number of nitrogens with one attached hydrogen (secondary N) is 3. The van der Waals surface area contributed by atoms with Gasteiger partial charge in [0.05, 0.1) is 0 Å². The van der Waals surface area contributed by atoms with Crippen molar-refractivity contribution in [2.24, 2.45) is 5.73 Å². The summed E-state index contributed by atoms with van der Waals surface area (Å²) in [7, 11) is 8.12. The maximum Gasteiger partial charge on any atom is 0.314 e. The van der Waals surface area contributed by atoms with Gasteiger partial charge in [0.15, 0.2) is 0 Å². The van der Waals surface area contributed by atoms with Gasteiger partial charge in [0.1, 0.15) is 0 Å². The molecule has 0 aliphatic rings. The minimum absolute atomic E-state index is 0.0579. The summed E-state index contributed by atoms with van der Waals surface area (Å²) < 4.78 is 0. The molecule has 168 valence electrons. The molecular weight excluding hydrogens is 358 g/mol. The Morgan fingerprint density at radius 1 is 0.714 bits per heavy atom. The first-order chi connectivity index (χ1) is 13.2. The molecule has 9 nitrogen and oxygen atoms in total. The van der Waals surface area contributed by atoms with Crippen molar-refractivity contribution in [3.8, 4) is 0 Å². The van der Waals surface area contributed by atoms with Gasteiger partial charge in [-0.3, -0.25) is 0 Å². The molecule has 0 aromatic rings. The van der Waals surface area contributed by atoms with E-state index in [0.29, 0.717) is 6.54 Å². The normalized spacial score (nSPS) is 10.6. The molecule has 0 aromatic carbocycles. The number of nitrogens with two attached hydrogens (primary N) is 1. The fourth-order valence-electron chi connectivity index (χ4n) is 2.31. The molecular formula is C19H45N7O2. The Morgan fingerprint density at radius 2 is 1.11 bits per heavy atom. The Kier molecular flexibility index (Phi) is 20.6. The summed E-state index contributed by atoms with van der Waals surface area (Å²) in [6.45, 7) is 11.5. The molecule has 4 amide bonds. The van der Waals surface area contributed by atoms with Crippen LogP contribution in [0.5, 0.6) is 0 Å². The number of hydrogen-bond donors (Lipinski definition) is 4. The summed E-state index contributed by atoms with van der Waals surface area (Å²) in [6.07, 6.45) is 2.93. The van der Waals surface area contributed by atoms with Gasteiger partial charge in [-0.15, -0.1) is 0 Å². The van der Waals surface area contributed by atoms with Gasteiger partial charge < -0.3 is 36.4 Å². The molecule has 0 aliphatic heterocycles. The van der Waals surface area contributed by atoms with E-state index >= 15 is 0 Å².